The maximum absolute atomic E-state index is 13.6. The summed E-state index contributed by atoms with van der Waals surface area (Å²) in [5.41, 5.74) is 4.54. The first-order chi connectivity index (χ1) is 12.2. The summed E-state index contributed by atoms with van der Waals surface area (Å²) in [7, 11) is 0. The van der Waals surface area contributed by atoms with E-state index in [0.717, 1.165) is 18.9 Å². The fraction of sp³-hybridized carbons (Fsp3) is 0.529. The monoisotopic (exact) mass is 374 g/mol. The molecule has 0 aliphatic carbocycles. The number of aliphatic imine (C=N–C) groups is 1. The zero-order valence-electron chi connectivity index (χ0n) is 14.4. The molecule has 1 fully saturated rings. The van der Waals surface area contributed by atoms with Crippen LogP contribution in [-0.4, -0.2) is 36.4 Å². The molecule has 1 aliphatic rings. The number of likely N-dealkylation sites (tertiary alicyclic amines) is 1. The average Bonchev–Trinajstić information content (AvgIpc) is 2.58. The second kappa shape index (κ2) is 8.37. The molecule has 26 heavy (non-hydrogen) atoms. The number of hydrogen-bond donors (Lipinski definition) is 2. The van der Waals surface area contributed by atoms with Gasteiger partial charge in [-0.05, 0) is 37.5 Å². The molecule has 0 radical (unpaired) electrons. The number of rotatable bonds is 4. The number of piperidine rings is 1. The Labute approximate surface area is 149 Å². The van der Waals surface area contributed by atoms with Gasteiger partial charge in [-0.15, -0.1) is 0 Å². The fourth-order valence-corrected chi connectivity index (χ4v) is 2.79. The van der Waals surface area contributed by atoms with Crippen molar-refractivity contribution in [3.63, 3.8) is 0 Å². The fourth-order valence-electron chi connectivity index (χ4n) is 2.79. The van der Waals surface area contributed by atoms with E-state index in [4.69, 9.17) is 5.73 Å². The van der Waals surface area contributed by atoms with E-state index in [1.807, 2.05) is 11.8 Å². The standard InChI is InChI=1S/C17H22F4N4O/c1-2-7-23-16(22)25-8-3-4-11(10-25)15(26)24-12-5-6-13(14(18)9-12)17(19,20)21/h5-6,9,11H,2-4,7-8,10H2,1H3,(H2,22,23)(H,24,26)/t11-/m0/s1. The summed E-state index contributed by atoms with van der Waals surface area (Å²) in [6, 6.07) is 2.34. The lowest BCUT2D eigenvalue weighted by Gasteiger charge is -2.32. The molecule has 0 bridgehead atoms. The van der Waals surface area contributed by atoms with Gasteiger partial charge in [-0.2, -0.15) is 13.2 Å². The lowest BCUT2D eigenvalue weighted by Crippen LogP contribution is -2.47. The van der Waals surface area contributed by atoms with Gasteiger partial charge in [0.25, 0.3) is 0 Å². The van der Waals surface area contributed by atoms with Crippen molar-refractivity contribution in [3.05, 3.63) is 29.6 Å². The third-order valence-electron chi connectivity index (χ3n) is 4.16. The van der Waals surface area contributed by atoms with E-state index in [-0.39, 0.29) is 11.6 Å². The number of nitrogens with two attached hydrogens (primary N) is 1. The molecule has 144 valence electrons. The molecule has 1 aromatic rings. The number of carbonyl (C=O) groups is 1. The van der Waals surface area contributed by atoms with E-state index >= 15 is 0 Å². The van der Waals surface area contributed by atoms with E-state index < -0.39 is 23.5 Å². The summed E-state index contributed by atoms with van der Waals surface area (Å²) >= 11 is 0. The number of anilines is 1. The van der Waals surface area contributed by atoms with E-state index in [2.05, 4.69) is 10.3 Å². The second-order valence-electron chi connectivity index (χ2n) is 6.21. The Morgan fingerprint density at radius 3 is 2.77 bits per heavy atom. The van der Waals surface area contributed by atoms with Gasteiger partial charge in [0.1, 0.15) is 5.82 Å². The van der Waals surface area contributed by atoms with Crippen molar-refractivity contribution < 1.29 is 22.4 Å². The number of nitrogens with zero attached hydrogens (tertiary/aromatic N) is 2. The number of carbonyl (C=O) groups excluding carboxylic acids is 1. The Kier molecular flexibility index (Phi) is 6.44. The molecule has 9 heteroatoms. The summed E-state index contributed by atoms with van der Waals surface area (Å²) in [5.74, 6) is -1.82. The van der Waals surface area contributed by atoms with Gasteiger partial charge in [0.05, 0.1) is 11.5 Å². The first-order valence-electron chi connectivity index (χ1n) is 8.44. The van der Waals surface area contributed by atoms with Crippen molar-refractivity contribution in [2.24, 2.45) is 16.6 Å². The van der Waals surface area contributed by atoms with Crippen LogP contribution in [0.3, 0.4) is 0 Å². The Hall–Kier alpha value is -2.32. The molecule has 3 N–H and O–H groups in total. The first-order valence-corrected chi connectivity index (χ1v) is 8.44. The minimum absolute atomic E-state index is 0.00903. The van der Waals surface area contributed by atoms with Crippen LogP contribution in [0, 0.1) is 11.7 Å². The predicted octanol–water partition coefficient (Wildman–Crippen LogP) is 3.22. The van der Waals surface area contributed by atoms with Crippen LogP contribution < -0.4 is 11.1 Å². The normalized spacial score (nSPS) is 18.7. The maximum Gasteiger partial charge on any atom is 0.419 e. The van der Waals surface area contributed by atoms with Gasteiger partial charge < -0.3 is 16.0 Å². The molecule has 0 spiro atoms. The van der Waals surface area contributed by atoms with Crippen LogP contribution in [-0.2, 0) is 11.0 Å². The van der Waals surface area contributed by atoms with E-state index in [1.165, 1.54) is 0 Å². The molecule has 1 atom stereocenters. The Bertz CT molecular complexity index is 675. The van der Waals surface area contributed by atoms with E-state index in [0.29, 0.717) is 44.1 Å². The second-order valence-corrected chi connectivity index (χ2v) is 6.21. The highest BCUT2D eigenvalue weighted by molar-refractivity contribution is 5.93. The molecule has 0 saturated carbocycles. The SMILES string of the molecule is CCCN=C(N)N1CCC[C@H](C(=O)Nc2ccc(C(F)(F)F)c(F)c2)C1. The van der Waals surface area contributed by atoms with Crippen LogP contribution in [0.1, 0.15) is 31.7 Å². The molecule has 1 aliphatic heterocycles. The molecule has 0 unspecified atom stereocenters. The lowest BCUT2D eigenvalue weighted by atomic mass is 9.97. The van der Waals surface area contributed by atoms with Gasteiger partial charge in [-0.3, -0.25) is 9.79 Å². The van der Waals surface area contributed by atoms with Crippen molar-refractivity contribution in [3.8, 4) is 0 Å². The summed E-state index contributed by atoms with van der Waals surface area (Å²) in [5, 5.41) is 2.48. The molecule has 2 rings (SSSR count). The lowest BCUT2D eigenvalue weighted by molar-refractivity contribution is -0.140. The largest absolute Gasteiger partial charge is 0.419 e. The Balaban J connectivity index is 2.02. The number of guanidine groups is 1. The zero-order chi connectivity index (χ0) is 19.3. The van der Waals surface area contributed by atoms with Crippen LogP contribution in [0.4, 0.5) is 23.2 Å². The van der Waals surface area contributed by atoms with E-state index in [1.54, 1.807) is 0 Å². The van der Waals surface area contributed by atoms with Crippen LogP contribution >= 0.6 is 0 Å². The summed E-state index contributed by atoms with van der Waals surface area (Å²) < 4.78 is 51.4. The molecule has 1 amide bonds. The number of halogens is 4. The Morgan fingerprint density at radius 1 is 1.42 bits per heavy atom. The van der Waals surface area contributed by atoms with Gasteiger partial charge >= 0.3 is 6.18 Å². The highest BCUT2D eigenvalue weighted by atomic mass is 19.4. The summed E-state index contributed by atoms with van der Waals surface area (Å²) in [6.07, 6.45) is -2.56. The predicted molar refractivity (Wildman–Crippen MR) is 91.1 cm³/mol. The molecule has 1 aromatic carbocycles. The minimum Gasteiger partial charge on any atom is -0.370 e. The maximum atomic E-state index is 13.6. The molecule has 5 nitrogen and oxygen atoms in total. The topological polar surface area (TPSA) is 70.7 Å². The van der Waals surface area contributed by atoms with Crippen molar-refractivity contribution >= 4 is 17.6 Å². The molecule has 1 saturated heterocycles. The average molecular weight is 374 g/mol. The highest BCUT2D eigenvalue weighted by Crippen LogP contribution is 2.32. The number of nitrogens with one attached hydrogen (secondary N) is 1. The zero-order valence-corrected chi connectivity index (χ0v) is 14.4. The molecule has 0 aromatic heterocycles. The Morgan fingerprint density at radius 2 is 2.15 bits per heavy atom. The van der Waals surface area contributed by atoms with Gasteiger partial charge in [-0.1, -0.05) is 6.92 Å². The molecular formula is C17H22F4N4O. The van der Waals surface area contributed by atoms with Crippen LogP contribution in [0.25, 0.3) is 0 Å². The van der Waals surface area contributed by atoms with Gasteiger partial charge in [0.15, 0.2) is 5.96 Å². The van der Waals surface area contributed by atoms with Crippen molar-refractivity contribution in [1.29, 1.82) is 0 Å². The molecular weight excluding hydrogens is 352 g/mol. The van der Waals surface area contributed by atoms with Crippen molar-refractivity contribution in [2.45, 2.75) is 32.4 Å². The number of benzene rings is 1. The van der Waals surface area contributed by atoms with Gasteiger partial charge in [0.2, 0.25) is 5.91 Å². The number of alkyl halides is 3. The minimum atomic E-state index is -4.77. The first kappa shape index (κ1) is 20.0. The third kappa shape index (κ3) is 5.09. The summed E-state index contributed by atoms with van der Waals surface area (Å²) in [4.78, 5) is 18.4. The third-order valence-corrected chi connectivity index (χ3v) is 4.16. The summed E-state index contributed by atoms with van der Waals surface area (Å²) in [6.45, 7) is 3.64. The van der Waals surface area contributed by atoms with Crippen molar-refractivity contribution in [1.82, 2.24) is 4.90 Å². The van der Waals surface area contributed by atoms with Crippen LogP contribution in [0.2, 0.25) is 0 Å². The number of amides is 1. The van der Waals surface area contributed by atoms with Crippen LogP contribution in [0.15, 0.2) is 23.2 Å². The molecule has 1 heterocycles. The van der Waals surface area contributed by atoms with Crippen molar-refractivity contribution in [2.75, 3.05) is 25.0 Å². The smallest absolute Gasteiger partial charge is 0.370 e. The number of hydrogen-bond acceptors (Lipinski definition) is 2. The van der Waals surface area contributed by atoms with E-state index in [9.17, 15) is 22.4 Å². The van der Waals surface area contributed by atoms with Crippen LogP contribution in [0.5, 0.6) is 0 Å². The van der Waals surface area contributed by atoms with Gasteiger partial charge in [-0.25, -0.2) is 4.39 Å². The highest BCUT2D eigenvalue weighted by Gasteiger charge is 2.34. The van der Waals surface area contributed by atoms with Gasteiger partial charge in [0, 0.05) is 25.3 Å². The quantitative estimate of drug-likeness (QED) is 0.483.